The Morgan fingerprint density at radius 1 is 1.38 bits per heavy atom. The molecule has 2 atom stereocenters. The van der Waals surface area contributed by atoms with E-state index in [4.69, 9.17) is 21.4 Å². The summed E-state index contributed by atoms with van der Waals surface area (Å²) in [7, 11) is 0. The molecule has 1 aliphatic carbocycles. The van der Waals surface area contributed by atoms with Crippen molar-refractivity contribution in [3.05, 3.63) is 28.8 Å². The number of hydrogen-bond donors (Lipinski definition) is 2. The van der Waals surface area contributed by atoms with Crippen LogP contribution in [0, 0.1) is 5.92 Å². The highest BCUT2D eigenvalue weighted by molar-refractivity contribution is 6.31. The molecule has 21 heavy (non-hydrogen) atoms. The fourth-order valence-electron chi connectivity index (χ4n) is 2.14. The zero-order chi connectivity index (χ0) is 15.8. The largest absolute Gasteiger partial charge is 0.481 e. The summed E-state index contributed by atoms with van der Waals surface area (Å²) in [5.74, 6) is -1.30. The van der Waals surface area contributed by atoms with E-state index in [0.29, 0.717) is 17.1 Å². The molecule has 6 heteroatoms. The number of rotatable bonds is 3. The van der Waals surface area contributed by atoms with Gasteiger partial charge in [0, 0.05) is 10.7 Å². The van der Waals surface area contributed by atoms with Gasteiger partial charge < -0.3 is 9.84 Å². The van der Waals surface area contributed by atoms with Gasteiger partial charge in [-0.25, -0.2) is 4.79 Å². The minimum atomic E-state index is -0.818. The van der Waals surface area contributed by atoms with Crippen LogP contribution in [0.4, 0.5) is 10.5 Å². The van der Waals surface area contributed by atoms with Crippen molar-refractivity contribution in [1.29, 1.82) is 0 Å². The maximum Gasteiger partial charge on any atom is 0.412 e. The van der Waals surface area contributed by atoms with Crippen molar-refractivity contribution >= 4 is 29.4 Å². The zero-order valence-electron chi connectivity index (χ0n) is 12.1. The SMILES string of the molecule is CC(C)(C)OC(=O)Nc1ccc(Cl)c([C@@H]2C[C@H]2C(=O)O)c1. The first kappa shape index (κ1) is 15.6. The van der Waals surface area contributed by atoms with Crippen LogP contribution in [0.25, 0.3) is 0 Å². The second-order valence-electron chi connectivity index (χ2n) is 6.15. The quantitative estimate of drug-likeness (QED) is 0.888. The van der Waals surface area contributed by atoms with Crippen LogP contribution in [0.1, 0.15) is 38.7 Å². The minimum Gasteiger partial charge on any atom is -0.481 e. The number of carboxylic acids is 1. The number of hydrogen-bond acceptors (Lipinski definition) is 3. The predicted octanol–water partition coefficient (Wildman–Crippen LogP) is 3.88. The lowest BCUT2D eigenvalue weighted by Crippen LogP contribution is -2.27. The van der Waals surface area contributed by atoms with E-state index in [2.05, 4.69) is 5.32 Å². The molecule has 0 radical (unpaired) electrons. The molecule has 1 fully saturated rings. The molecule has 1 aromatic carbocycles. The van der Waals surface area contributed by atoms with Gasteiger partial charge in [0.25, 0.3) is 0 Å². The molecule has 0 unspecified atom stereocenters. The van der Waals surface area contributed by atoms with Crippen LogP contribution in [0.5, 0.6) is 0 Å². The fourth-order valence-corrected chi connectivity index (χ4v) is 2.40. The Morgan fingerprint density at radius 2 is 2.05 bits per heavy atom. The van der Waals surface area contributed by atoms with Gasteiger partial charge in [-0.15, -0.1) is 0 Å². The van der Waals surface area contributed by atoms with Gasteiger partial charge in [-0.2, -0.15) is 0 Å². The molecule has 1 aromatic rings. The first-order valence-corrected chi connectivity index (χ1v) is 7.07. The summed E-state index contributed by atoms with van der Waals surface area (Å²) in [6.45, 7) is 5.34. The van der Waals surface area contributed by atoms with Gasteiger partial charge in [0.15, 0.2) is 0 Å². The van der Waals surface area contributed by atoms with Crippen molar-refractivity contribution in [2.75, 3.05) is 5.32 Å². The monoisotopic (exact) mass is 311 g/mol. The highest BCUT2D eigenvalue weighted by Gasteiger charge is 2.45. The van der Waals surface area contributed by atoms with Crippen molar-refractivity contribution < 1.29 is 19.4 Å². The van der Waals surface area contributed by atoms with Gasteiger partial charge in [0.1, 0.15) is 5.60 Å². The summed E-state index contributed by atoms with van der Waals surface area (Å²) in [5.41, 5.74) is 0.710. The molecule has 0 aromatic heterocycles. The lowest BCUT2D eigenvalue weighted by atomic mass is 10.1. The van der Waals surface area contributed by atoms with E-state index >= 15 is 0 Å². The number of carbonyl (C=O) groups excluding carboxylic acids is 1. The lowest BCUT2D eigenvalue weighted by Gasteiger charge is -2.20. The summed E-state index contributed by atoms with van der Waals surface area (Å²) in [5, 5.41) is 12.1. The molecule has 1 saturated carbocycles. The van der Waals surface area contributed by atoms with Crippen molar-refractivity contribution in [2.45, 2.75) is 38.7 Å². The van der Waals surface area contributed by atoms with Gasteiger partial charge >= 0.3 is 12.1 Å². The van der Waals surface area contributed by atoms with Crippen molar-refractivity contribution in [3.8, 4) is 0 Å². The van der Waals surface area contributed by atoms with Crippen LogP contribution in [0.2, 0.25) is 5.02 Å². The van der Waals surface area contributed by atoms with Crippen molar-refractivity contribution in [2.24, 2.45) is 5.92 Å². The number of carboxylic acid groups (broad SMARTS) is 1. The molecule has 0 bridgehead atoms. The topological polar surface area (TPSA) is 75.6 Å². The molecule has 0 heterocycles. The van der Waals surface area contributed by atoms with Crippen LogP contribution in [-0.4, -0.2) is 22.8 Å². The Bertz CT molecular complexity index is 580. The average Bonchev–Trinajstić information content (AvgIpc) is 3.09. The Morgan fingerprint density at radius 3 is 2.57 bits per heavy atom. The number of amides is 1. The summed E-state index contributed by atoms with van der Waals surface area (Å²) in [6.07, 6.45) is 0.0200. The molecule has 0 spiro atoms. The third kappa shape index (κ3) is 4.11. The number of halogens is 1. The number of benzene rings is 1. The number of carbonyl (C=O) groups is 2. The predicted molar refractivity (Wildman–Crippen MR) is 79.8 cm³/mol. The molecule has 0 aliphatic heterocycles. The number of aliphatic carboxylic acids is 1. The Balaban J connectivity index is 2.09. The van der Waals surface area contributed by atoms with Crippen LogP contribution in [-0.2, 0) is 9.53 Å². The highest BCUT2D eigenvalue weighted by atomic mass is 35.5. The second kappa shape index (κ2) is 5.56. The van der Waals surface area contributed by atoms with E-state index in [-0.39, 0.29) is 11.8 Å². The Hall–Kier alpha value is -1.75. The lowest BCUT2D eigenvalue weighted by molar-refractivity contribution is -0.138. The molecule has 2 N–H and O–H groups in total. The smallest absolute Gasteiger partial charge is 0.412 e. The maximum atomic E-state index is 11.7. The fraction of sp³-hybridized carbons (Fsp3) is 0.467. The van der Waals surface area contributed by atoms with Crippen LogP contribution in [0.15, 0.2) is 18.2 Å². The second-order valence-corrected chi connectivity index (χ2v) is 6.56. The normalized spacial score (nSPS) is 20.8. The first-order chi connectivity index (χ1) is 9.67. The molecule has 1 aliphatic rings. The third-order valence-electron chi connectivity index (χ3n) is 3.15. The molecular weight excluding hydrogens is 294 g/mol. The summed E-state index contributed by atoms with van der Waals surface area (Å²) >= 11 is 6.11. The van der Waals surface area contributed by atoms with Crippen molar-refractivity contribution in [1.82, 2.24) is 0 Å². The standard InChI is InChI=1S/C15H18ClNO4/c1-15(2,3)21-14(20)17-8-4-5-12(16)10(6-8)9-7-11(9)13(18)19/h4-6,9,11H,7H2,1-3H3,(H,17,20)(H,18,19)/t9-,11+/m0/s1. The van der Waals surface area contributed by atoms with E-state index in [9.17, 15) is 9.59 Å². The zero-order valence-corrected chi connectivity index (χ0v) is 12.9. The minimum absolute atomic E-state index is 0.0876. The Kier molecular flexibility index (Phi) is 4.14. The van der Waals surface area contributed by atoms with E-state index in [1.165, 1.54) is 0 Å². The molecule has 2 rings (SSSR count). The van der Waals surface area contributed by atoms with Crippen molar-refractivity contribution in [3.63, 3.8) is 0 Å². The number of anilines is 1. The summed E-state index contributed by atoms with van der Waals surface area (Å²) < 4.78 is 5.17. The molecule has 114 valence electrons. The van der Waals surface area contributed by atoms with Gasteiger partial charge in [-0.3, -0.25) is 10.1 Å². The van der Waals surface area contributed by atoms with E-state index < -0.39 is 17.7 Å². The van der Waals surface area contributed by atoms with E-state index in [1.807, 2.05) is 0 Å². The van der Waals surface area contributed by atoms with Crippen LogP contribution in [0.3, 0.4) is 0 Å². The maximum absolute atomic E-state index is 11.7. The summed E-state index contributed by atoms with van der Waals surface area (Å²) in [6, 6.07) is 5.02. The molecular formula is C15H18ClNO4. The van der Waals surface area contributed by atoms with E-state index in [0.717, 1.165) is 5.56 Å². The Labute approximate surface area is 128 Å². The van der Waals surface area contributed by atoms with Gasteiger partial charge in [-0.1, -0.05) is 11.6 Å². The van der Waals surface area contributed by atoms with Crippen LogP contribution >= 0.6 is 11.6 Å². The molecule has 5 nitrogen and oxygen atoms in total. The average molecular weight is 312 g/mol. The van der Waals surface area contributed by atoms with Crippen LogP contribution < -0.4 is 5.32 Å². The number of nitrogens with one attached hydrogen (secondary N) is 1. The van der Waals surface area contributed by atoms with Gasteiger partial charge in [-0.05, 0) is 56.9 Å². The third-order valence-corrected chi connectivity index (χ3v) is 3.49. The molecule has 0 saturated heterocycles. The number of ether oxygens (including phenoxy) is 1. The highest BCUT2D eigenvalue weighted by Crippen LogP contribution is 2.50. The van der Waals surface area contributed by atoms with Gasteiger partial charge in [0.2, 0.25) is 0 Å². The first-order valence-electron chi connectivity index (χ1n) is 6.69. The van der Waals surface area contributed by atoms with E-state index in [1.54, 1.807) is 39.0 Å². The molecule has 1 amide bonds. The van der Waals surface area contributed by atoms with Gasteiger partial charge in [0.05, 0.1) is 5.92 Å². The summed E-state index contributed by atoms with van der Waals surface area (Å²) in [4.78, 5) is 22.7.